The molecular formula is C12H16N2. The van der Waals surface area contributed by atoms with Crippen LogP contribution in [-0.2, 0) is 0 Å². The van der Waals surface area contributed by atoms with Crippen LogP contribution in [-0.4, -0.2) is 9.97 Å². The molecule has 0 unspecified atom stereocenters. The molecule has 74 valence electrons. The van der Waals surface area contributed by atoms with Gasteiger partial charge < -0.3 is 0 Å². The molecule has 0 radical (unpaired) electrons. The zero-order valence-electron chi connectivity index (χ0n) is 7.86. The van der Waals surface area contributed by atoms with Crippen LogP contribution in [0.3, 0.4) is 0 Å². The summed E-state index contributed by atoms with van der Waals surface area (Å²) in [5, 5.41) is 1.10. The summed E-state index contributed by atoms with van der Waals surface area (Å²) in [6.45, 7) is 4.20. The molecule has 0 amide bonds. The SMILES string of the molecule is C.CC(C)c1ncc2ccccc2n1. The highest BCUT2D eigenvalue weighted by atomic mass is 14.9. The van der Waals surface area contributed by atoms with Crippen LogP contribution >= 0.6 is 0 Å². The van der Waals surface area contributed by atoms with E-state index >= 15 is 0 Å². The lowest BCUT2D eigenvalue weighted by Gasteiger charge is -2.03. The average molecular weight is 188 g/mol. The molecule has 2 aromatic rings. The van der Waals surface area contributed by atoms with E-state index in [9.17, 15) is 0 Å². The van der Waals surface area contributed by atoms with Gasteiger partial charge in [-0.15, -0.1) is 0 Å². The van der Waals surface area contributed by atoms with Crippen molar-refractivity contribution in [2.24, 2.45) is 0 Å². The Balaban J connectivity index is 0.000000980. The molecule has 2 nitrogen and oxygen atoms in total. The topological polar surface area (TPSA) is 25.8 Å². The maximum Gasteiger partial charge on any atom is 0.131 e. The van der Waals surface area contributed by atoms with Crippen LogP contribution in [0.1, 0.15) is 33.0 Å². The molecule has 0 aliphatic rings. The van der Waals surface area contributed by atoms with E-state index < -0.39 is 0 Å². The lowest BCUT2D eigenvalue weighted by atomic mass is 10.2. The van der Waals surface area contributed by atoms with Gasteiger partial charge in [0, 0.05) is 17.5 Å². The van der Waals surface area contributed by atoms with E-state index in [1.165, 1.54) is 0 Å². The molecule has 1 aromatic heterocycles. The van der Waals surface area contributed by atoms with Gasteiger partial charge in [-0.05, 0) is 6.07 Å². The third-order valence-electron chi connectivity index (χ3n) is 2.02. The molecule has 2 rings (SSSR count). The number of aromatic nitrogens is 2. The first-order valence-corrected chi connectivity index (χ1v) is 4.49. The highest BCUT2D eigenvalue weighted by molar-refractivity contribution is 5.77. The fourth-order valence-corrected chi connectivity index (χ4v) is 1.26. The number of rotatable bonds is 1. The smallest absolute Gasteiger partial charge is 0.131 e. The van der Waals surface area contributed by atoms with Crippen LogP contribution in [0, 0.1) is 0 Å². The summed E-state index contributed by atoms with van der Waals surface area (Å²) in [6.07, 6.45) is 1.89. The van der Waals surface area contributed by atoms with Crippen LogP contribution in [0.4, 0.5) is 0 Å². The van der Waals surface area contributed by atoms with Crippen molar-refractivity contribution in [3.63, 3.8) is 0 Å². The quantitative estimate of drug-likeness (QED) is 0.685. The Morgan fingerprint density at radius 3 is 2.57 bits per heavy atom. The summed E-state index contributed by atoms with van der Waals surface area (Å²) < 4.78 is 0. The minimum atomic E-state index is 0. The zero-order chi connectivity index (χ0) is 9.26. The van der Waals surface area contributed by atoms with Gasteiger partial charge in [0.25, 0.3) is 0 Å². The van der Waals surface area contributed by atoms with Gasteiger partial charge in [-0.3, -0.25) is 0 Å². The van der Waals surface area contributed by atoms with Crippen molar-refractivity contribution in [1.29, 1.82) is 0 Å². The average Bonchev–Trinajstić information content (AvgIpc) is 2.17. The minimum Gasteiger partial charge on any atom is -0.240 e. The first-order valence-electron chi connectivity index (χ1n) is 4.49. The summed E-state index contributed by atoms with van der Waals surface area (Å²) in [4.78, 5) is 8.76. The summed E-state index contributed by atoms with van der Waals surface area (Å²) in [5.41, 5.74) is 1.03. The van der Waals surface area contributed by atoms with Crippen LogP contribution in [0.25, 0.3) is 10.9 Å². The summed E-state index contributed by atoms with van der Waals surface area (Å²) >= 11 is 0. The van der Waals surface area contributed by atoms with Gasteiger partial charge in [0.1, 0.15) is 5.82 Å². The molecular weight excluding hydrogens is 172 g/mol. The Morgan fingerprint density at radius 1 is 1.14 bits per heavy atom. The van der Waals surface area contributed by atoms with Crippen molar-refractivity contribution in [1.82, 2.24) is 9.97 Å². The first kappa shape index (κ1) is 10.6. The normalized spacial score (nSPS) is 10.2. The van der Waals surface area contributed by atoms with Crippen molar-refractivity contribution in [3.05, 3.63) is 36.3 Å². The Kier molecular flexibility index (Phi) is 3.18. The van der Waals surface area contributed by atoms with Crippen LogP contribution in [0.5, 0.6) is 0 Å². The second-order valence-corrected chi connectivity index (χ2v) is 3.44. The lowest BCUT2D eigenvalue weighted by Crippen LogP contribution is -1.96. The summed E-state index contributed by atoms with van der Waals surface area (Å²) in [5.74, 6) is 1.31. The second-order valence-electron chi connectivity index (χ2n) is 3.44. The molecule has 0 N–H and O–H groups in total. The molecule has 14 heavy (non-hydrogen) atoms. The molecule has 2 heteroatoms. The Labute approximate surface area is 85.0 Å². The second kappa shape index (κ2) is 4.18. The molecule has 0 saturated heterocycles. The van der Waals surface area contributed by atoms with E-state index in [-0.39, 0.29) is 7.43 Å². The number of benzene rings is 1. The van der Waals surface area contributed by atoms with Crippen molar-refractivity contribution in [2.75, 3.05) is 0 Å². The largest absolute Gasteiger partial charge is 0.240 e. The Morgan fingerprint density at radius 2 is 1.86 bits per heavy atom. The molecule has 0 spiro atoms. The van der Waals surface area contributed by atoms with Crippen LogP contribution in [0.15, 0.2) is 30.5 Å². The minimum absolute atomic E-state index is 0. The number of hydrogen-bond acceptors (Lipinski definition) is 2. The van der Waals surface area contributed by atoms with Crippen molar-refractivity contribution < 1.29 is 0 Å². The lowest BCUT2D eigenvalue weighted by molar-refractivity contribution is 0.783. The van der Waals surface area contributed by atoms with Crippen molar-refractivity contribution >= 4 is 10.9 Å². The van der Waals surface area contributed by atoms with Gasteiger partial charge >= 0.3 is 0 Å². The van der Waals surface area contributed by atoms with Crippen LogP contribution in [0.2, 0.25) is 0 Å². The van der Waals surface area contributed by atoms with Gasteiger partial charge in [0.15, 0.2) is 0 Å². The van der Waals surface area contributed by atoms with E-state index in [2.05, 4.69) is 23.8 Å². The Bertz CT molecular complexity index is 421. The van der Waals surface area contributed by atoms with Crippen LogP contribution < -0.4 is 0 Å². The first-order chi connectivity index (χ1) is 6.27. The highest BCUT2D eigenvalue weighted by Gasteiger charge is 2.02. The molecule has 1 heterocycles. The molecule has 0 fully saturated rings. The van der Waals surface area contributed by atoms with Gasteiger partial charge in [-0.1, -0.05) is 39.5 Å². The predicted octanol–water partition coefficient (Wildman–Crippen LogP) is 3.39. The molecule has 0 atom stereocenters. The monoisotopic (exact) mass is 188 g/mol. The molecule has 0 aliphatic carbocycles. The number of nitrogens with zero attached hydrogens (tertiary/aromatic N) is 2. The number of fused-ring (bicyclic) bond motifs is 1. The molecule has 0 bridgehead atoms. The standard InChI is InChI=1S/C11H12N2.CH4/c1-8(2)11-12-7-9-5-3-4-6-10(9)13-11;/h3-8H,1-2H3;1H4. The maximum atomic E-state index is 4.46. The predicted molar refractivity (Wildman–Crippen MR) is 60.4 cm³/mol. The summed E-state index contributed by atoms with van der Waals surface area (Å²) in [7, 11) is 0. The summed E-state index contributed by atoms with van der Waals surface area (Å²) in [6, 6.07) is 8.04. The van der Waals surface area contributed by atoms with E-state index in [0.29, 0.717) is 5.92 Å². The molecule has 0 saturated carbocycles. The fourth-order valence-electron chi connectivity index (χ4n) is 1.26. The van der Waals surface area contributed by atoms with E-state index in [1.807, 2.05) is 30.5 Å². The van der Waals surface area contributed by atoms with Gasteiger partial charge in [-0.25, -0.2) is 9.97 Å². The van der Waals surface area contributed by atoms with E-state index in [4.69, 9.17) is 0 Å². The molecule has 1 aromatic carbocycles. The van der Waals surface area contributed by atoms with E-state index in [0.717, 1.165) is 16.7 Å². The van der Waals surface area contributed by atoms with Gasteiger partial charge in [0.05, 0.1) is 5.52 Å². The van der Waals surface area contributed by atoms with Gasteiger partial charge in [-0.2, -0.15) is 0 Å². The Hall–Kier alpha value is -1.44. The third kappa shape index (κ3) is 1.90. The highest BCUT2D eigenvalue weighted by Crippen LogP contribution is 2.14. The third-order valence-corrected chi connectivity index (χ3v) is 2.02. The van der Waals surface area contributed by atoms with Gasteiger partial charge in [0.2, 0.25) is 0 Å². The fraction of sp³-hybridized carbons (Fsp3) is 0.333. The van der Waals surface area contributed by atoms with Crippen molar-refractivity contribution in [2.45, 2.75) is 27.2 Å². The van der Waals surface area contributed by atoms with E-state index in [1.54, 1.807) is 0 Å². The number of para-hydroxylation sites is 1. The van der Waals surface area contributed by atoms with Crippen molar-refractivity contribution in [3.8, 4) is 0 Å². The zero-order valence-corrected chi connectivity index (χ0v) is 7.86. The maximum absolute atomic E-state index is 4.46. The molecule has 0 aliphatic heterocycles. The number of hydrogen-bond donors (Lipinski definition) is 0.